The van der Waals surface area contributed by atoms with Gasteiger partial charge in [0.1, 0.15) is 0 Å². The molecule has 0 saturated heterocycles. The van der Waals surface area contributed by atoms with E-state index < -0.39 is 10.8 Å². The molecule has 0 radical (unpaired) electrons. The summed E-state index contributed by atoms with van der Waals surface area (Å²) in [6.45, 7) is 2.08. The molecule has 0 spiro atoms. The maximum atomic E-state index is 11.0. The number of fused-ring (bicyclic) bond motifs is 1. The number of anilines is 2. The molecule has 18 heavy (non-hydrogen) atoms. The summed E-state index contributed by atoms with van der Waals surface area (Å²) in [6.07, 6.45) is 2.61. The number of aromatic nitrogens is 1. The van der Waals surface area contributed by atoms with Crippen molar-refractivity contribution < 1.29 is 4.21 Å². The minimum atomic E-state index is -0.736. The van der Waals surface area contributed by atoms with Crippen molar-refractivity contribution in [3.63, 3.8) is 0 Å². The standard InChI is InChI=1S/C12H17N3OS2/c1-8(5-6-18(2)16)14-12-15-10-4-3-9(13)7-11(10)17-12/h3-4,7-8H,5-6,13H2,1-2H3,(H,14,15). The summed E-state index contributed by atoms with van der Waals surface area (Å²) in [6, 6.07) is 5.99. The second-order valence-corrected chi connectivity index (χ2v) is 6.94. The van der Waals surface area contributed by atoms with E-state index in [0.29, 0.717) is 5.75 Å². The molecule has 0 aliphatic rings. The number of nitrogen functional groups attached to an aromatic ring is 1. The van der Waals surface area contributed by atoms with E-state index in [4.69, 9.17) is 5.73 Å². The zero-order chi connectivity index (χ0) is 13.1. The van der Waals surface area contributed by atoms with Crippen LogP contribution in [-0.2, 0) is 10.8 Å². The van der Waals surface area contributed by atoms with Gasteiger partial charge in [-0.25, -0.2) is 4.98 Å². The molecule has 1 aromatic heterocycles. The first kappa shape index (κ1) is 13.3. The molecule has 2 unspecified atom stereocenters. The smallest absolute Gasteiger partial charge is 0.184 e. The predicted molar refractivity (Wildman–Crippen MR) is 80.7 cm³/mol. The average Bonchev–Trinajstić information content (AvgIpc) is 2.67. The summed E-state index contributed by atoms with van der Waals surface area (Å²) in [5.74, 6) is 0.714. The molecule has 0 amide bonds. The Morgan fingerprint density at radius 3 is 3.06 bits per heavy atom. The van der Waals surface area contributed by atoms with E-state index in [-0.39, 0.29) is 6.04 Å². The van der Waals surface area contributed by atoms with Crippen LogP contribution in [0.3, 0.4) is 0 Å². The van der Waals surface area contributed by atoms with E-state index in [9.17, 15) is 4.21 Å². The fourth-order valence-corrected chi connectivity index (χ4v) is 3.34. The molecule has 4 nitrogen and oxygen atoms in total. The van der Waals surface area contributed by atoms with Crippen LogP contribution in [0.1, 0.15) is 13.3 Å². The molecule has 0 bridgehead atoms. The molecule has 2 aromatic rings. The Hall–Kier alpha value is -1.14. The molecule has 0 saturated carbocycles. The third-order valence-corrected chi connectivity index (χ3v) is 4.38. The summed E-state index contributed by atoms with van der Waals surface area (Å²) in [5.41, 5.74) is 7.46. The fraction of sp³-hybridized carbons (Fsp3) is 0.417. The Bertz CT molecular complexity index is 567. The summed E-state index contributed by atoms with van der Waals surface area (Å²) in [5, 5.41) is 4.23. The fourth-order valence-electron chi connectivity index (χ4n) is 1.63. The molecule has 3 N–H and O–H groups in total. The van der Waals surface area contributed by atoms with Crippen LogP contribution in [0.5, 0.6) is 0 Å². The predicted octanol–water partition coefficient (Wildman–Crippen LogP) is 2.45. The van der Waals surface area contributed by atoms with E-state index in [2.05, 4.69) is 17.2 Å². The number of nitrogens with two attached hydrogens (primary N) is 1. The lowest BCUT2D eigenvalue weighted by Crippen LogP contribution is -2.17. The van der Waals surface area contributed by atoms with Gasteiger partial charge in [0.2, 0.25) is 0 Å². The van der Waals surface area contributed by atoms with E-state index in [1.54, 1.807) is 17.6 Å². The number of benzene rings is 1. The van der Waals surface area contributed by atoms with Crippen molar-refractivity contribution >= 4 is 43.2 Å². The summed E-state index contributed by atoms with van der Waals surface area (Å²) in [4.78, 5) is 4.50. The first-order valence-electron chi connectivity index (χ1n) is 5.77. The van der Waals surface area contributed by atoms with Crippen LogP contribution in [0.15, 0.2) is 18.2 Å². The molecule has 1 aromatic carbocycles. The van der Waals surface area contributed by atoms with Gasteiger partial charge in [0.15, 0.2) is 5.13 Å². The lowest BCUT2D eigenvalue weighted by molar-refractivity contribution is 0.678. The van der Waals surface area contributed by atoms with Crippen molar-refractivity contribution in [3.05, 3.63) is 18.2 Å². The van der Waals surface area contributed by atoms with Crippen LogP contribution in [0.25, 0.3) is 10.2 Å². The first-order valence-corrected chi connectivity index (χ1v) is 8.31. The SMILES string of the molecule is CC(CCS(C)=O)Nc1nc2ccc(N)cc2s1. The normalized spacial score (nSPS) is 14.6. The van der Waals surface area contributed by atoms with Crippen LogP contribution in [0.4, 0.5) is 10.8 Å². The van der Waals surface area contributed by atoms with Gasteiger partial charge in [-0.2, -0.15) is 0 Å². The minimum absolute atomic E-state index is 0.270. The van der Waals surface area contributed by atoms with Crippen molar-refractivity contribution in [2.45, 2.75) is 19.4 Å². The Morgan fingerprint density at radius 1 is 1.56 bits per heavy atom. The lowest BCUT2D eigenvalue weighted by atomic mass is 10.3. The number of rotatable bonds is 5. The highest BCUT2D eigenvalue weighted by Crippen LogP contribution is 2.28. The van der Waals surface area contributed by atoms with Gasteiger partial charge in [0, 0.05) is 34.5 Å². The van der Waals surface area contributed by atoms with Crippen molar-refractivity contribution in [2.75, 3.05) is 23.1 Å². The van der Waals surface area contributed by atoms with E-state index in [1.165, 1.54) is 0 Å². The van der Waals surface area contributed by atoms with Crippen molar-refractivity contribution in [2.24, 2.45) is 0 Å². The summed E-state index contributed by atoms with van der Waals surface area (Å²) >= 11 is 1.60. The second-order valence-electron chi connectivity index (χ2n) is 4.36. The van der Waals surface area contributed by atoms with Gasteiger partial charge in [-0.3, -0.25) is 4.21 Å². The number of nitrogens with zero attached hydrogens (tertiary/aromatic N) is 1. The van der Waals surface area contributed by atoms with Gasteiger partial charge in [-0.05, 0) is 31.5 Å². The molecule has 2 rings (SSSR count). The van der Waals surface area contributed by atoms with Crippen molar-refractivity contribution in [1.29, 1.82) is 0 Å². The highest BCUT2D eigenvalue weighted by molar-refractivity contribution is 7.84. The van der Waals surface area contributed by atoms with E-state index >= 15 is 0 Å². The van der Waals surface area contributed by atoms with E-state index in [1.807, 2.05) is 18.2 Å². The van der Waals surface area contributed by atoms with Gasteiger partial charge < -0.3 is 11.1 Å². The van der Waals surface area contributed by atoms with Gasteiger partial charge >= 0.3 is 0 Å². The Labute approximate surface area is 113 Å². The average molecular weight is 283 g/mol. The zero-order valence-electron chi connectivity index (χ0n) is 10.5. The lowest BCUT2D eigenvalue weighted by Gasteiger charge is -2.11. The Morgan fingerprint density at radius 2 is 2.33 bits per heavy atom. The number of hydrogen-bond donors (Lipinski definition) is 2. The van der Waals surface area contributed by atoms with Crippen LogP contribution in [0, 0.1) is 0 Å². The van der Waals surface area contributed by atoms with Gasteiger partial charge in [0.25, 0.3) is 0 Å². The molecule has 1 heterocycles. The Kier molecular flexibility index (Phi) is 4.19. The van der Waals surface area contributed by atoms with Crippen LogP contribution >= 0.6 is 11.3 Å². The number of nitrogens with one attached hydrogen (secondary N) is 1. The molecule has 0 aliphatic heterocycles. The molecule has 98 valence electrons. The topological polar surface area (TPSA) is 68.0 Å². The monoisotopic (exact) mass is 283 g/mol. The summed E-state index contributed by atoms with van der Waals surface area (Å²) < 4.78 is 12.1. The second kappa shape index (κ2) is 5.67. The molecular weight excluding hydrogens is 266 g/mol. The van der Waals surface area contributed by atoms with Crippen molar-refractivity contribution in [1.82, 2.24) is 4.98 Å². The Balaban J connectivity index is 2.05. The first-order chi connectivity index (χ1) is 8.54. The summed E-state index contributed by atoms with van der Waals surface area (Å²) in [7, 11) is -0.736. The maximum Gasteiger partial charge on any atom is 0.184 e. The van der Waals surface area contributed by atoms with Gasteiger partial charge in [-0.1, -0.05) is 11.3 Å². The van der Waals surface area contributed by atoms with Gasteiger partial charge in [-0.15, -0.1) is 0 Å². The van der Waals surface area contributed by atoms with E-state index in [0.717, 1.165) is 27.5 Å². The van der Waals surface area contributed by atoms with Crippen LogP contribution in [-0.4, -0.2) is 27.2 Å². The highest BCUT2D eigenvalue weighted by Gasteiger charge is 2.08. The molecule has 0 aliphatic carbocycles. The third kappa shape index (κ3) is 3.43. The largest absolute Gasteiger partial charge is 0.399 e. The molecule has 0 fully saturated rings. The highest BCUT2D eigenvalue weighted by atomic mass is 32.2. The van der Waals surface area contributed by atoms with Gasteiger partial charge in [0.05, 0.1) is 10.2 Å². The number of hydrogen-bond acceptors (Lipinski definition) is 5. The molecule has 2 atom stereocenters. The quantitative estimate of drug-likeness (QED) is 0.827. The molecule has 6 heteroatoms. The van der Waals surface area contributed by atoms with Crippen molar-refractivity contribution in [3.8, 4) is 0 Å². The molecular formula is C12H17N3OS2. The zero-order valence-corrected chi connectivity index (χ0v) is 12.1. The van der Waals surface area contributed by atoms with Crippen LogP contribution in [0.2, 0.25) is 0 Å². The van der Waals surface area contributed by atoms with Crippen LogP contribution < -0.4 is 11.1 Å². The number of thiazole rings is 1. The minimum Gasteiger partial charge on any atom is -0.399 e. The maximum absolute atomic E-state index is 11.0. The third-order valence-electron chi connectivity index (χ3n) is 2.62.